The van der Waals surface area contributed by atoms with Gasteiger partial charge in [0.25, 0.3) is 0 Å². The van der Waals surface area contributed by atoms with Gasteiger partial charge >= 0.3 is 0 Å². The van der Waals surface area contributed by atoms with E-state index >= 15 is 0 Å². The minimum absolute atomic E-state index is 0.0261. The van der Waals surface area contributed by atoms with Crippen molar-refractivity contribution in [3.05, 3.63) is 28.8 Å². The molecule has 0 spiro atoms. The Kier molecular flexibility index (Phi) is 3.60. The first-order chi connectivity index (χ1) is 10.1. The van der Waals surface area contributed by atoms with Gasteiger partial charge in [0.2, 0.25) is 0 Å². The summed E-state index contributed by atoms with van der Waals surface area (Å²) in [5.41, 5.74) is 3.83. The third-order valence-corrected chi connectivity index (χ3v) is 6.33. The van der Waals surface area contributed by atoms with Gasteiger partial charge < -0.3 is 10.2 Å². The molecule has 0 amide bonds. The van der Waals surface area contributed by atoms with Crippen molar-refractivity contribution < 1.29 is 10.2 Å². The van der Waals surface area contributed by atoms with Crippen LogP contribution in [-0.2, 0) is 11.8 Å². The highest BCUT2D eigenvalue weighted by molar-refractivity contribution is 5.48. The van der Waals surface area contributed by atoms with Gasteiger partial charge in [-0.25, -0.2) is 0 Å². The van der Waals surface area contributed by atoms with Gasteiger partial charge in [0.15, 0.2) is 0 Å². The number of hydrogen-bond acceptors (Lipinski definition) is 2. The van der Waals surface area contributed by atoms with Crippen molar-refractivity contribution in [3.8, 4) is 5.75 Å². The maximum absolute atomic E-state index is 10.5. The zero-order valence-electron chi connectivity index (χ0n) is 14.6. The number of benzene rings is 1. The highest BCUT2D eigenvalue weighted by atomic mass is 16.3. The first-order valence-corrected chi connectivity index (χ1v) is 8.69. The SMILES string of the molecule is CC(C)c1cc2c(cc1O)[C@]1(C)C[C@@H](O)CC(C)(C)[C@H]1CC2. The van der Waals surface area contributed by atoms with Gasteiger partial charge in [0.05, 0.1) is 6.10 Å². The molecule has 0 saturated heterocycles. The minimum Gasteiger partial charge on any atom is -0.508 e. The zero-order chi connectivity index (χ0) is 16.3. The van der Waals surface area contributed by atoms with Crippen LogP contribution in [0.1, 0.15) is 76.5 Å². The molecule has 3 rings (SSSR count). The predicted molar refractivity (Wildman–Crippen MR) is 90.4 cm³/mol. The predicted octanol–water partition coefficient (Wildman–Crippen LogP) is 4.52. The first kappa shape index (κ1) is 15.9. The molecule has 122 valence electrons. The van der Waals surface area contributed by atoms with Crippen LogP contribution < -0.4 is 0 Å². The summed E-state index contributed by atoms with van der Waals surface area (Å²) < 4.78 is 0. The molecule has 0 aromatic heterocycles. The number of phenolic OH excluding ortho intramolecular Hbond substituents is 1. The summed E-state index contributed by atoms with van der Waals surface area (Å²) in [4.78, 5) is 0. The molecule has 3 atom stereocenters. The smallest absolute Gasteiger partial charge is 0.119 e. The Bertz CT molecular complexity index is 588. The molecule has 2 aliphatic rings. The van der Waals surface area contributed by atoms with Gasteiger partial charge in [-0.3, -0.25) is 0 Å². The molecule has 1 aromatic rings. The maximum Gasteiger partial charge on any atom is 0.119 e. The molecule has 1 fully saturated rings. The number of aromatic hydroxyl groups is 1. The van der Waals surface area contributed by atoms with Crippen LogP contribution in [-0.4, -0.2) is 16.3 Å². The van der Waals surface area contributed by atoms with Crippen molar-refractivity contribution in [2.45, 2.75) is 77.7 Å². The van der Waals surface area contributed by atoms with E-state index in [1.54, 1.807) is 0 Å². The second kappa shape index (κ2) is 4.99. The third-order valence-electron chi connectivity index (χ3n) is 6.33. The number of aliphatic hydroxyl groups is 1. The van der Waals surface area contributed by atoms with Crippen LogP contribution in [0.3, 0.4) is 0 Å². The summed E-state index contributed by atoms with van der Waals surface area (Å²) in [5.74, 6) is 1.33. The Morgan fingerprint density at radius 3 is 2.45 bits per heavy atom. The summed E-state index contributed by atoms with van der Waals surface area (Å²) >= 11 is 0. The van der Waals surface area contributed by atoms with E-state index in [0.29, 0.717) is 17.6 Å². The largest absolute Gasteiger partial charge is 0.508 e. The molecule has 0 aliphatic heterocycles. The van der Waals surface area contributed by atoms with Crippen molar-refractivity contribution in [2.24, 2.45) is 11.3 Å². The molecule has 0 bridgehead atoms. The molecular formula is C20H30O2. The molecule has 2 nitrogen and oxygen atoms in total. The van der Waals surface area contributed by atoms with E-state index < -0.39 is 0 Å². The van der Waals surface area contributed by atoms with Gasteiger partial charge in [0, 0.05) is 0 Å². The normalized spacial score (nSPS) is 33.4. The lowest BCUT2D eigenvalue weighted by molar-refractivity contribution is -0.0384. The zero-order valence-corrected chi connectivity index (χ0v) is 14.6. The van der Waals surface area contributed by atoms with Gasteiger partial charge in [-0.2, -0.15) is 0 Å². The van der Waals surface area contributed by atoms with Crippen LogP contribution in [0.25, 0.3) is 0 Å². The highest BCUT2D eigenvalue weighted by Gasteiger charge is 2.52. The van der Waals surface area contributed by atoms with Gasteiger partial charge in [-0.1, -0.05) is 40.7 Å². The van der Waals surface area contributed by atoms with E-state index in [1.165, 1.54) is 17.5 Å². The Labute approximate surface area is 134 Å². The van der Waals surface area contributed by atoms with E-state index in [2.05, 4.69) is 40.7 Å². The Morgan fingerprint density at radius 2 is 1.82 bits per heavy atom. The Morgan fingerprint density at radius 1 is 1.14 bits per heavy atom. The summed E-state index contributed by atoms with van der Waals surface area (Å²) in [6.07, 6.45) is 3.74. The second-order valence-electron chi connectivity index (χ2n) is 8.78. The molecule has 0 heterocycles. The van der Waals surface area contributed by atoms with E-state index in [1.807, 2.05) is 6.07 Å². The minimum atomic E-state index is -0.242. The van der Waals surface area contributed by atoms with Gasteiger partial charge in [-0.05, 0) is 71.1 Å². The van der Waals surface area contributed by atoms with Crippen molar-refractivity contribution in [3.63, 3.8) is 0 Å². The number of rotatable bonds is 1. The van der Waals surface area contributed by atoms with E-state index in [-0.39, 0.29) is 16.9 Å². The summed E-state index contributed by atoms with van der Waals surface area (Å²) in [6, 6.07) is 4.22. The molecule has 2 heteroatoms. The molecule has 1 aromatic carbocycles. The number of phenols is 1. The standard InChI is InChI=1S/C20H30O2/c1-12(2)15-8-13-6-7-18-19(3,4)10-14(21)11-20(18,5)16(13)9-17(15)22/h8-9,12,14,18,21-22H,6-7,10-11H2,1-5H3/t14-,18+,20-/m0/s1. The summed E-state index contributed by atoms with van der Waals surface area (Å²) in [6.45, 7) is 11.1. The van der Waals surface area contributed by atoms with E-state index in [4.69, 9.17) is 0 Å². The average molecular weight is 302 g/mol. The highest BCUT2D eigenvalue weighted by Crippen LogP contribution is 2.57. The molecule has 0 unspecified atom stereocenters. The molecule has 2 aliphatic carbocycles. The van der Waals surface area contributed by atoms with Crippen molar-refractivity contribution in [1.82, 2.24) is 0 Å². The quantitative estimate of drug-likeness (QED) is 0.801. The fraction of sp³-hybridized carbons (Fsp3) is 0.700. The monoisotopic (exact) mass is 302 g/mol. The van der Waals surface area contributed by atoms with E-state index in [9.17, 15) is 10.2 Å². The van der Waals surface area contributed by atoms with Crippen molar-refractivity contribution in [2.75, 3.05) is 0 Å². The van der Waals surface area contributed by atoms with Crippen LogP contribution >= 0.6 is 0 Å². The lowest BCUT2D eigenvalue weighted by Gasteiger charge is -2.55. The van der Waals surface area contributed by atoms with Crippen LogP contribution in [0.15, 0.2) is 12.1 Å². The second-order valence-corrected chi connectivity index (χ2v) is 8.78. The maximum atomic E-state index is 10.5. The molecule has 1 saturated carbocycles. The topological polar surface area (TPSA) is 40.5 Å². The molecule has 0 radical (unpaired) electrons. The summed E-state index contributed by atoms with van der Waals surface area (Å²) in [5, 5.41) is 20.9. The van der Waals surface area contributed by atoms with Crippen LogP contribution in [0.5, 0.6) is 5.75 Å². The van der Waals surface area contributed by atoms with Crippen LogP contribution in [0.4, 0.5) is 0 Å². The lowest BCUT2D eigenvalue weighted by atomic mass is 9.49. The van der Waals surface area contributed by atoms with Crippen LogP contribution in [0, 0.1) is 11.3 Å². The number of hydrogen-bond donors (Lipinski definition) is 2. The van der Waals surface area contributed by atoms with E-state index in [0.717, 1.165) is 24.8 Å². The fourth-order valence-corrected chi connectivity index (χ4v) is 5.48. The fourth-order valence-electron chi connectivity index (χ4n) is 5.48. The number of aryl methyl sites for hydroxylation is 1. The van der Waals surface area contributed by atoms with Gasteiger partial charge in [-0.15, -0.1) is 0 Å². The van der Waals surface area contributed by atoms with Crippen molar-refractivity contribution in [1.29, 1.82) is 0 Å². The third kappa shape index (κ3) is 2.27. The Balaban J connectivity index is 2.13. The molecular weight excluding hydrogens is 272 g/mol. The Hall–Kier alpha value is -1.02. The lowest BCUT2D eigenvalue weighted by Crippen LogP contribution is -2.52. The van der Waals surface area contributed by atoms with Crippen molar-refractivity contribution >= 4 is 0 Å². The average Bonchev–Trinajstić information content (AvgIpc) is 2.36. The van der Waals surface area contributed by atoms with Gasteiger partial charge in [0.1, 0.15) is 5.75 Å². The molecule has 22 heavy (non-hydrogen) atoms. The summed E-state index contributed by atoms with van der Waals surface area (Å²) in [7, 11) is 0. The van der Waals surface area contributed by atoms with Crippen LogP contribution in [0.2, 0.25) is 0 Å². The molecule has 2 N–H and O–H groups in total. The number of fused-ring (bicyclic) bond motifs is 3. The number of aliphatic hydroxyl groups excluding tert-OH is 1. The first-order valence-electron chi connectivity index (χ1n) is 8.69.